The van der Waals surface area contributed by atoms with Crippen LogP contribution in [0.1, 0.15) is 16.7 Å². The van der Waals surface area contributed by atoms with E-state index in [9.17, 15) is 19.7 Å². The fourth-order valence-corrected chi connectivity index (χ4v) is 2.46. The molecule has 8 heteroatoms. The first-order chi connectivity index (χ1) is 12.8. The van der Waals surface area contributed by atoms with E-state index in [0.29, 0.717) is 11.3 Å². The molecule has 0 fully saturated rings. The summed E-state index contributed by atoms with van der Waals surface area (Å²) in [4.78, 5) is 34.4. The maximum Gasteiger partial charge on any atom is 0.311 e. The lowest BCUT2D eigenvalue weighted by atomic mass is 10.1. The molecule has 0 aliphatic rings. The number of ether oxygens (including phenoxy) is 1. The number of para-hydroxylation sites is 1. The highest BCUT2D eigenvalue weighted by molar-refractivity contribution is 5.95. The molecule has 0 unspecified atom stereocenters. The van der Waals surface area contributed by atoms with E-state index in [1.807, 2.05) is 32.0 Å². The molecule has 27 heavy (non-hydrogen) atoms. The topological polar surface area (TPSA) is 111 Å². The van der Waals surface area contributed by atoms with E-state index in [-0.39, 0.29) is 23.9 Å². The summed E-state index contributed by atoms with van der Waals surface area (Å²) in [5.74, 6) is -0.927. The molecule has 2 aromatic carbocycles. The minimum absolute atomic E-state index is 0.000682. The van der Waals surface area contributed by atoms with Gasteiger partial charge in [-0.25, -0.2) is 0 Å². The van der Waals surface area contributed by atoms with Gasteiger partial charge in [0.25, 0.3) is 5.91 Å². The van der Waals surface area contributed by atoms with Crippen molar-refractivity contribution in [3.05, 3.63) is 63.2 Å². The highest BCUT2D eigenvalue weighted by Gasteiger charge is 2.16. The Hall–Kier alpha value is -3.42. The molecular weight excluding hydrogens is 350 g/mol. The maximum atomic E-state index is 12.0. The van der Waals surface area contributed by atoms with E-state index in [2.05, 4.69) is 10.6 Å². The van der Waals surface area contributed by atoms with Gasteiger partial charge in [0.2, 0.25) is 5.91 Å². The average molecular weight is 371 g/mol. The van der Waals surface area contributed by atoms with Crippen LogP contribution in [-0.2, 0) is 9.59 Å². The predicted octanol–water partition coefficient (Wildman–Crippen LogP) is 2.65. The second-order valence-corrected chi connectivity index (χ2v) is 6.11. The van der Waals surface area contributed by atoms with Crippen molar-refractivity contribution in [2.75, 3.05) is 18.5 Å². The Kier molecular flexibility index (Phi) is 6.48. The molecule has 0 atom stereocenters. The maximum absolute atomic E-state index is 12.0. The zero-order valence-electron chi connectivity index (χ0n) is 15.4. The summed E-state index contributed by atoms with van der Waals surface area (Å²) in [6, 6.07) is 10.1. The number of aryl methyl sites for hydroxylation is 3. The molecule has 2 aromatic rings. The number of nitrogens with one attached hydrogen (secondary N) is 2. The number of hydrogen-bond donors (Lipinski definition) is 2. The minimum atomic E-state index is -0.571. The Balaban J connectivity index is 1.86. The molecule has 0 saturated carbocycles. The second kappa shape index (κ2) is 8.79. The van der Waals surface area contributed by atoms with Crippen LogP contribution in [0.25, 0.3) is 0 Å². The highest BCUT2D eigenvalue weighted by Crippen LogP contribution is 2.27. The molecule has 0 radical (unpaired) electrons. The largest absolute Gasteiger partial charge is 0.477 e. The molecule has 0 aliphatic carbocycles. The van der Waals surface area contributed by atoms with Crippen LogP contribution in [0.5, 0.6) is 5.75 Å². The quantitative estimate of drug-likeness (QED) is 0.574. The van der Waals surface area contributed by atoms with Gasteiger partial charge in [0.1, 0.15) is 0 Å². The molecule has 0 heterocycles. The molecule has 0 spiro atoms. The molecule has 0 saturated heterocycles. The highest BCUT2D eigenvalue weighted by atomic mass is 16.6. The lowest BCUT2D eigenvalue weighted by molar-refractivity contribution is -0.385. The zero-order valence-corrected chi connectivity index (χ0v) is 15.4. The summed E-state index contributed by atoms with van der Waals surface area (Å²) in [6.07, 6.45) is 0. The number of amides is 2. The Bertz CT molecular complexity index is 859. The number of benzene rings is 2. The third-order valence-corrected chi connectivity index (χ3v) is 3.86. The third-order valence-electron chi connectivity index (χ3n) is 3.86. The van der Waals surface area contributed by atoms with Gasteiger partial charge in [-0.1, -0.05) is 24.3 Å². The lowest BCUT2D eigenvalue weighted by Crippen LogP contribution is -2.36. The van der Waals surface area contributed by atoms with Crippen molar-refractivity contribution >= 4 is 23.2 Å². The molecule has 0 aromatic heterocycles. The normalized spacial score (nSPS) is 10.2. The Morgan fingerprint density at radius 3 is 2.37 bits per heavy atom. The average Bonchev–Trinajstić information content (AvgIpc) is 2.62. The summed E-state index contributed by atoms with van der Waals surface area (Å²) in [7, 11) is 0. The van der Waals surface area contributed by atoms with Crippen LogP contribution >= 0.6 is 0 Å². The van der Waals surface area contributed by atoms with Crippen molar-refractivity contribution in [1.82, 2.24) is 5.32 Å². The van der Waals surface area contributed by atoms with Crippen LogP contribution in [0, 0.1) is 30.9 Å². The molecule has 8 nitrogen and oxygen atoms in total. The van der Waals surface area contributed by atoms with E-state index in [1.54, 1.807) is 13.0 Å². The van der Waals surface area contributed by atoms with Crippen molar-refractivity contribution in [3.8, 4) is 5.75 Å². The fraction of sp³-hybridized carbons (Fsp3) is 0.263. The van der Waals surface area contributed by atoms with E-state index < -0.39 is 17.4 Å². The van der Waals surface area contributed by atoms with Crippen molar-refractivity contribution in [2.24, 2.45) is 0 Å². The van der Waals surface area contributed by atoms with Gasteiger partial charge in [-0.05, 0) is 43.5 Å². The first-order valence-electron chi connectivity index (χ1n) is 8.28. The summed E-state index contributed by atoms with van der Waals surface area (Å²) in [5.41, 5.74) is 3.05. The molecule has 142 valence electrons. The second-order valence-electron chi connectivity index (χ2n) is 6.11. The van der Waals surface area contributed by atoms with Crippen molar-refractivity contribution in [2.45, 2.75) is 20.8 Å². The van der Waals surface area contributed by atoms with Crippen molar-refractivity contribution in [1.29, 1.82) is 0 Å². The van der Waals surface area contributed by atoms with Crippen LogP contribution in [-0.4, -0.2) is 29.9 Å². The number of anilines is 1. The Morgan fingerprint density at radius 2 is 1.74 bits per heavy atom. The van der Waals surface area contributed by atoms with Crippen LogP contribution in [0.15, 0.2) is 36.4 Å². The van der Waals surface area contributed by atoms with Crippen LogP contribution < -0.4 is 15.4 Å². The number of nitro benzene ring substituents is 1. The zero-order chi connectivity index (χ0) is 20.0. The van der Waals surface area contributed by atoms with Gasteiger partial charge in [-0.3, -0.25) is 19.7 Å². The number of rotatable bonds is 7. The molecule has 2 amide bonds. The number of carbonyl (C=O) groups is 2. The van der Waals surface area contributed by atoms with Crippen LogP contribution in [0.3, 0.4) is 0 Å². The number of hydrogen-bond acceptors (Lipinski definition) is 5. The Morgan fingerprint density at radius 1 is 1.07 bits per heavy atom. The van der Waals surface area contributed by atoms with E-state index in [1.165, 1.54) is 12.1 Å². The van der Waals surface area contributed by atoms with Gasteiger partial charge < -0.3 is 15.4 Å². The van der Waals surface area contributed by atoms with Gasteiger partial charge in [0.05, 0.1) is 11.5 Å². The lowest BCUT2D eigenvalue weighted by Gasteiger charge is -2.12. The van der Waals surface area contributed by atoms with E-state index >= 15 is 0 Å². The number of carbonyl (C=O) groups excluding carboxylic acids is 2. The monoisotopic (exact) mass is 371 g/mol. The first-order valence-corrected chi connectivity index (χ1v) is 8.28. The van der Waals surface area contributed by atoms with Crippen molar-refractivity contribution < 1.29 is 19.2 Å². The van der Waals surface area contributed by atoms with Gasteiger partial charge in [0, 0.05) is 11.8 Å². The van der Waals surface area contributed by atoms with Gasteiger partial charge in [-0.2, -0.15) is 0 Å². The molecule has 0 aliphatic heterocycles. The number of nitrogens with zero attached hydrogens (tertiary/aromatic N) is 1. The van der Waals surface area contributed by atoms with Crippen LogP contribution in [0.4, 0.5) is 11.4 Å². The fourth-order valence-electron chi connectivity index (χ4n) is 2.46. The minimum Gasteiger partial charge on any atom is -0.477 e. The summed E-state index contributed by atoms with van der Waals surface area (Å²) in [6.45, 7) is 4.82. The van der Waals surface area contributed by atoms with E-state index in [4.69, 9.17) is 4.74 Å². The standard InChI is InChI=1S/C19H21N3O5/c1-12-7-8-16(15(9-12)22(25)26)27-11-18(24)20-10-17(23)21-19-13(2)5-4-6-14(19)3/h4-9H,10-11H2,1-3H3,(H,20,24)(H,21,23). The first kappa shape index (κ1) is 19.9. The molecule has 2 rings (SSSR count). The summed E-state index contributed by atoms with van der Waals surface area (Å²) >= 11 is 0. The van der Waals surface area contributed by atoms with E-state index in [0.717, 1.165) is 11.1 Å². The SMILES string of the molecule is Cc1ccc(OCC(=O)NCC(=O)Nc2c(C)cccc2C)c([N+](=O)[O-])c1. The predicted molar refractivity (Wildman–Crippen MR) is 101 cm³/mol. The number of nitro groups is 1. The molecule has 2 N–H and O–H groups in total. The van der Waals surface area contributed by atoms with Crippen molar-refractivity contribution in [3.63, 3.8) is 0 Å². The molecular formula is C19H21N3O5. The summed E-state index contributed by atoms with van der Waals surface area (Å²) in [5, 5.41) is 16.2. The molecule has 0 bridgehead atoms. The Labute approximate surface area is 156 Å². The van der Waals surface area contributed by atoms with Crippen LogP contribution in [0.2, 0.25) is 0 Å². The third kappa shape index (κ3) is 5.53. The summed E-state index contributed by atoms with van der Waals surface area (Å²) < 4.78 is 5.22. The van der Waals surface area contributed by atoms with Gasteiger partial charge >= 0.3 is 5.69 Å². The smallest absolute Gasteiger partial charge is 0.311 e. The van der Waals surface area contributed by atoms with Gasteiger partial charge in [0.15, 0.2) is 12.4 Å². The van der Waals surface area contributed by atoms with Gasteiger partial charge in [-0.15, -0.1) is 0 Å².